The van der Waals surface area contributed by atoms with E-state index in [-0.39, 0.29) is 38.7 Å². The highest BCUT2D eigenvalue weighted by atomic mass is 16.5. The second kappa shape index (κ2) is 10.1. The molecule has 0 radical (unpaired) electrons. The molecular weight excluding hydrogens is 454 g/mol. The molecule has 3 amide bonds. The molecule has 1 fully saturated rings. The standard InChI is InChI=1S/C25H27N3O7/c1-28(25(23(31)32)10-11-34-15-25)22(30)13-26-21(29)12-27-24(33)35-14-20-18-8-4-2-6-16(18)17-7-3-5-9-19(17)20/h2-9,20H,10-15H2,1H3,(H,26,29)(H,27,33)(H,31,32). The summed E-state index contributed by atoms with van der Waals surface area (Å²) in [7, 11) is 1.37. The number of carbonyl (C=O) groups excluding carboxylic acids is 3. The number of nitrogens with zero attached hydrogens (tertiary/aromatic N) is 1. The van der Waals surface area contributed by atoms with Crippen molar-refractivity contribution in [3.63, 3.8) is 0 Å². The molecule has 0 saturated carbocycles. The van der Waals surface area contributed by atoms with E-state index in [1.54, 1.807) is 0 Å². The Hall–Kier alpha value is -3.92. The van der Waals surface area contributed by atoms with E-state index in [0.29, 0.717) is 0 Å². The van der Waals surface area contributed by atoms with Crippen LogP contribution < -0.4 is 10.6 Å². The van der Waals surface area contributed by atoms with Gasteiger partial charge in [0.1, 0.15) is 13.2 Å². The lowest BCUT2D eigenvalue weighted by Crippen LogP contribution is -2.58. The second-order valence-corrected chi connectivity index (χ2v) is 8.55. The molecule has 1 saturated heterocycles. The van der Waals surface area contributed by atoms with Gasteiger partial charge in [-0.25, -0.2) is 9.59 Å². The molecule has 0 spiro atoms. The Morgan fingerprint density at radius 3 is 2.23 bits per heavy atom. The van der Waals surface area contributed by atoms with Crippen LogP contribution in [-0.2, 0) is 23.9 Å². The van der Waals surface area contributed by atoms with Gasteiger partial charge < -0.3 is 30.1 Å². The van der Waals surface area contributed by atoms with Crippen LogP contribution in [0.4, 0.5) is 4.79 Å². The third kappa shape index (κ3) is 4.83. The van der Waals surface area contributed by atoms with Gasteiger partial charge in [-0.15, -0.1) is 0 Å². The molecule has 184 valence electrons. The van der Waals surface area contributed by atoms with Crippen molar-refractivity contribution in [2.24, 2.45) is 0 Å². The van der Waals surface area contributed by atoms with Crippen molar-refractivity contribution in [3.8, 4) is 11.1 Å². The predicted molar refractivity (Wildman–Crippen MR) is 125 cm³/mol. The summed E-state index contributed by atoms with van der Waals surface area (Å²) in [6, 6.07) is 15.9. The molecule has 2 aromatic carbocycles. The van der Waals surface area contributed by atoms with Crippen LogP contribution in [0.3, 0.4) is 0 Å². The second-order valence-electron chi connectivity index (χ2n) is 8.55. The summed E-state index contributed by atoms with van der Waals surface area (Å²) in [5.41, 5.74) is 2.93. The molecular formula is C25H27N3O7. The van der Waals surface area contributed by atoms with Crippen LogP contribution in [0, 0.1) is 0 Å². The van der Waals surface area contributed by atoms with Crippen molar-refractivity contribution in [3.05, 3.63) is 59.7 Å². The third-order valence-corrected chi connectivity index (χ3v) is 6.59. The number of nitrogens with one attached hydrogen (secondary N) is 2. The third-order valence-electron chi connectivity index (χ3n) is 6.59. The summed E-state index contributed by atoms with van der Waals surface area (Å²) in [4.78, 5) is 49.5. The van der Waals surface area contributed by atoms with E-state index in [0.717, 1.165) is 27.2 Å². The average Bonchev–Trinajstić information content (AvgIpc) is 3.49. The van der Waals surface area contributed by atoms with Crippen molar-refractivity contribution in [2.75, 3.05) is 40.0 Å². The quantitative estimate of drug-likeness (QED) is 0.518. The molecule has 10 heteroatoms. The molecule has 0 bridgehead atoms. The van der Waals surface area contributed by atoms with Gasteiger partial charge >= 0.3 is 12.1 Å². The number of carbonyl (C=O) groups is 4. The lowest BCUT2D eigenvalue weighted by Gasteiger charge is -2.33. The zero-order valence-corrected chi connectivity index (χ0v) is 19.3. The SMILES string of the molecule is CN(C(=O)CNC(=O)CNC(=O)OCC1c2ccccc2-c2ccccc21)C1(C(=O)O)CCOC1. The lowest BCUT2D eigenvalue weighted by molar-refractivity contribution is -0.157. The summed E-state index contributed by atoms with van der Waals surface area (Å²) < 4.78 is 10.5. The number of alkyl carbamates (subject to hydrolysis) is 1. The van der Waals surface area contributed by atoms with Crippen molar-refractivity contribution in [1.29, 1.82) is 0 Å². The number of likely N-dealkylation sites (N-methyl/N-ethyl adjacent to an activating group) is 1. The number of hydrogen-bond donors (Lipinski definition) is 3. The molecule has 2 aliphatic rings. The number of benzene rings is 2. The summed E-state index contributed by atoms with van der Waals surface area (Å²) in [6.07, 6.45) is -0.583. The lowest BCUT2D eigenvalue weighted by atomic mass is 9.97. The van der Waals surface area contributed by atoms with E-state index in [9.17, 15) is 24.3 Å². The van der Waals surface area contributed by atoms with Gasteiger partial charge in [-0.3, -0.25) is 9.59 Å². The van der Waals surface area contributed by atoms with Gasteiger partial charge in [-0.05, 0) is 22.3 Å². The van der Waals surface area contributed by atoms with Gasteiger partial charge in [0, 0.05) is 26.0 Å². The van der Waals surface area contributed by atoms with Crippen LogP contribution in [0.2, 0.25) is 0 Å². The van der Waals surface area contributed by atoms with Gasteiger partial charge in [0.05, 0.1) is 13.2 Å². The van der Waals surface area contributed by atoms with Gasteiger partial charge in [0.25, 0.3) is 0 Å². The Labute approximate surface area is 202 Å². The van der Waals surface area contributed by atoms with Gasteiger partial charge in [-0.2, -0.15) is 0 Å². The molecule has 1 aliphatic carbocycles. The molecule has 10 nitrogen and oxygen atoms in total. The van der Waals surface area contributed by atoms with E-state index >= 15 is 0 Å². The molecule has 4 rings (SSSR count). The first kappa shape index (κ1) is 24.2. The van der Waals surface area contributed by atoms with Crippen molar-refractivity contribution in [1.82, 2.24) is 15.5 Å². The van der Waals surface area contributed by atoms with Crippen molar-refractivity contribution >= 4 is 23.9 Å². The summed E-state index contributed by atoms with van der Waals surface area (Å²) in [5, 5.41) is 14.3. The fourth-order valence-electron chi connectivity index (χ4n) is 4.53. The Bertz CT molecular complexity index is 1100. The number of ether oxygens (including phenoxy) is 2. The summed E-state index contributed by atoms with van der Waals surface area (Å²) >= 11 is 0. The van der Waals surface area contributed by atoms with Crippen LogP contribution in [0.25, 0.3) is 11.1 Å². The van der Waals surface area contributed by atoms with E-state index in [2.05, 4.69) is 10.6 Å². The van der Waals surface area contributed by atoms with E-state index in [4.69, 9.17) is 9.47 Å². The monoisotopic (exact) mass is 481 g/mol. The maximum atomic E-state index is 12.4. The Balaban J connectivity index is 1.23. The molecule has 1 atom stereocenters. The highest BCUT2D eigenvalue weighted by molar-refractivity contribution is 5.91. The molecule has 1 heterocycles. The summed E-state index contributed by atoms with van der Waals surface area (Å²) in [6.45, 7) is -0.552. The minimum absolute atomic E-state index is 0.101. The van der Waals surface area contributed by atoms with Crippen LogP contribution >= 0.6 is 0 Å². The van der Waals surface area contributed by atoms with Crippen LogP contribution in [0.15, 0.2) is 48.5 Å². The van der Waals surface area contributed by atoms with E-state index in [1.165, 1.54) is 7.05 Å². The number of carboxylic acids is 1. The molecule has 35 heavy (non-hydrogen) atoms. The first-order valence-electron chi connectivity index (χ1n) is 11.3. The minimum Gasteiger partial charge on any atom is -0.479 e. The highest BCUT2D eigenvalue weighted by Gasteiger charge is 2.48. The Kier molecular flexibility index (Phi) is 7.02. The van der Waals surface area contributed by atoms with Crippen LogP contribution in [0.1, 0.15) is 23.5 Å². The van der Waals surface area contributed by atoms with E-state index in [1.807, 2.05) is 48.5 Å². The zero-order valence-electron chi connectivity index (χ0n) is 19.3. The van der Waals surface area contributed by atoms with Crippen molar-refractivity contribution in [2.45, 2.75) is 17.9 Å². The largest absolute Gasteiger partial charge is 0.479 e. The minimum atomic E-state index is -1.44. The first-order valence-corrected chi connectivity index (χ1v) is 11.3. The normalized spacial score (nSPS) is 18.3. The topological polar surface area (TPSA) is 134 Å². The number of aliphatic carboxylic acids is 1. The maximum absolute atomic E-state index is 12.4. The van der Waals surface area contributed by atoms with E-state index < -0.39 is 36.0 Å². The van der Waals surface area contributed by atoms with Crippen LogP contribution in [-0.4, -0.2) is 79.4 Å². The molecule has 1 unspecified atom stereocenters. The predicted octanol–water partition coefficient (Wildman–Crippen LogP) is 1.34. The smallest absolute Gasteiger partial charge is 0.407 e. The molecule has 2 aromatic rings. The number of amides is 3. The van der Waals surface area contributed by atoms with Crippen LogP contribution in [0.5, 0.6) is 0 Å². The number of carboxylic acid groups (broad SMARTS) is 1. The molecule has 0 aromatic heterocycles. The molecule has 3 N–H and O–H groups in total. The highest BCUT2D eigenvalue weighted by Crippen LogP contribution is 2.44. The van der Waals surface area contributed by atoms with Gasteiger partial charge in [-0.1, -0.05) is 48.5 Å². The molecule has 1 aliphatic heterocycles. The fraction of sp³-hybridized carbons (Fsp3) is 0.360. The van der Waals surface area contributed by atoms with Crippen molar-refractivity contribution < 1.29 is 33.8 Å². The first-order chi connectivity index (χ1) is 16.8. The number of rotatable bonds is 8. The number of hydrogen-bond acceptors (Lipinski definition) is 6. The summed E-state index contributed by atoms with van der Waals surface area (Å²) in [5.74, 6) is -2.44. The maximum Gasteiger partial charge on any atom is 0.407 e. The fourth-order valence-corrected chi connectivity index (χ4v) is 4.53. The Morgan fingerprint density at radius 1 is 1.03 bits per heavy atom. The van der Waals surface area contributed by atoms with Gasteiger partial charge in [0.2, 0.25) is 11.8 Å². The van der Waals surface area contributed by atoms with Gasteiger partial charge in [0.15, 0.2) is 5.54 Å². The zero-order chi connectivity index (χ0) is 25.0. The average molecular weight is 482 g/mol. The Morgan fingerprint density at radius 2 is 1.66 bits per heavy atom. The number of fused-ring (bicyclic) bond motifs is 3.